The van der Waals surface area contributed by atoms with Crippen molar-refractivity contribution in [1.82, 2.24) is 10.2 Å². The van der Waals surface area contributed by atoms with Crippen LogP contribution in [0.3, 0.4) is 0 Å². The summed E-state index contributed by atoms with van der Waals surface area (Å²) < 4.78 is 5.34. The lowest BCUT2D eigenvalue weighted by Crippen LogP contribution is -2.47. The van der Waals surface area contributed by atoms with Gasteiger partial charge in [-0.05, 0) is 25.5 Å². The second kappa shape index (κ2) is 8.76. The van der Waals surface area contributed by atoms with Crippen LogP contribution in [0, 0.1) is 6.92 Å². The third-order valence-electron chi connectivity index (χ3n) is 4.08. The van der Waals surface area contributed by atoms with Gasteiger partial charge in [-0.1, -0.05) is 18.2 Å². The van der Waals surface area contributed by atoms with Gasteiger partial charge >= 0.3 is 0 Å². The maximum absolute atomic E-state index is 11.9. The molecule has 0 unspecified atom stereocenters. The second-order valence-electron chi connectivity index (χ2n) is 5.79. The number of morpholine rings is 1. The Morgan fingerprint density at radius 1 is 1.32 bits per heavy atom. The predicted molar refractivity (Wildman–Crippen MR) is 89.1 cm³/mol. The minimum atomic E-state index is 0.0983. The summed E-state index contributed by atoms with van der Waals surface area (Å²) >= 11 is 0. The number of para-hydroxylation sites is 1. The molecule has 1 aliphatic rings. The van der Waals surface area contributed by atoms with Gasteiger partial charge in [0.2, 0.25) is 5.91 Å². The average Bonchev–Trinajstić information content (AvgIpc) is 2.55. The summed E-state index contributed by atoms with van der Waals surface area (Å²) in [5.41, 5.74) is 2.29. The lowest BCUT2D eigenvalue weighted by Gasteiger charge is -2.32. The molecule has 1 atom stereocenters. The van der Waals surface area contributed by atoms with Gasteiger partial charge < -0.3 is 15.4 Å². The fourth-order valence-corrected chi connectivity index (χ4v) is 2.58. The Morgan fingerprint density at radius 3 is 2.77 bits per heavy atom. The zero-order valence-electron chi connectivity index (χ0n) is 13.6. The van der Waals surface area contributed by atoms with E-state index in [1.807, 2.05) is 18.2 Å². The number of carbonyl (C=O) groups excluding carboxylic acids is 1. The number of anilines is 1. The number of aryl methyl sites for hydroxylation is 1. The maximum atomic E-state index is 11.9. The molecule has 1 aromatic carbocycles. The smallest absolute Gasteiger partial charge is 0.221 e. The highest BCUT2D eigenvalue weighted by Gasteiger charge is 2.17. The molecule has 1 aliphatic heterocycles. The zero-order chi connectivity index (χ0) is 15.8. The first-order chi connectivity index (χ1) is 10.7. The van der Waals surface area contributed by atoms with Gasteiger partial charge in [-0.2, -0.15) is 0 Å². The van der Waals surface area contributed by atoms with E-state index in [4.69, 9.17) is 4.74 Å². The molecule has 1 amide bonds. The molecule has 2 N–H and O–H groups in total. The number of nitrogens with one attached hydrogen (secondary N) is 2. The van der Waals surface area contributed by atoms with Crippen molar-refractivity contribution in [3.8, 4) is 0 Å². The third-order valence-corrected chi connectivity index (χ3v) is 4.08. The number of benzene rings is 1. The van der Waals surface area contributed by atoms with Crippen LogP contribution in [0.15, 0.2) is 24.3 Å². The van der Waals surface area contributed by atoms with E-state index in [1.54, 1.807) is 0 Å². The molecule has 122 valence electrons. The Labute approximate surface area is 133 Å². The molecular formula is C17H27N3O2. The summed E-state index contributed by atoms with van der Waals surface area (Å²) in [5, 5.41) is 6.33. The van der Waals surface area contributed by atoms with Crippen LogP contribution in [0.25, 0.3) is 0 Å². The molecule has 0 aromatic heterocycles. The Hall–Kier alpha value is -1.59. The van der Waals surface area contributed by atoms with Gasteiger partial charge in [0.05, 0.1) is 13.2 Å². The van der Waals surface area contributed by atoms with Gasteiger partial charge in [-0.3, -0.25) is 9.69 Å². The molecular weight excluding hydrogens is 278 g/mol. The van der Waals surface area contributed by atoms with Crippen molar-refractivity contribution in [3.63, 3.8) is 0 Å². The SMILES string of the molecule is Cc1ccccc1NCCC(=O)NC[C@H](C)N1CCOCC1. The van der Waals surface area contributed by atoms with Crippen LogP contribution < -0.4 is 10.6 Å². The number of nitrogens with zero attached hydrogens (tertiary/aromatic N) is 1. The van der Waals surface area contributed by atoms with Gasteiger partial charge in [0, 0.05) is 44.3 Å². The van der Waals surface area contributed by atoms with Crippen molar-refractivity contribution in [1.29, 1.82) is 0 Å². The van der Waals surface area contributed by atoms with Gasteiger partial charge in [-0.15, -0.1) is 0 Å². The molecule has 0 aliphatic carbocycles. The second-order valence-corrected chi connectivity index (χ2v) is 5.79. The highest BCUT2D eigenvalue weighted by atomic mass is 16.5. The normalized spacial score (nSPS) is 17.0. The average molecular weight is 305 g/mol. The summed E-state index contributed by atoms with van der Waals surface area (Å²) in [6.45, 7) is 9.05. The fourth-order valence-electron chi connectivity index (χ4n) is 2.58. The molecule has 2 rings (SSSR count). The molecule has 5 nitrogen and oxygen atoms in total. The van der Waals surface area contributed by atoms with Crippen molar-refractivity contribution >= 4 is 11.6 Å². The summed E-state index contributed by atoms with van der Waals surface area (Å²) in [6, 6.07) is 8.47. The van der Waals surface area contributed by atoms with Gasteiger partial charge in [0.15, 0.2) is 0 Å². The van der Waals surface area contributed by atoms with E-state index < -0.39 is 0 Å². The molecule has 1 aromatic rings. The molecule has 0 spiro atoms. The van der Waals surface area contributed by atoms with Crippen molar-refractivity contribution in [2.75, 3.05) is 44.7 Å². The molecule has 0 bridgehead atoms. The number of amides is 1. The fraction of sp³-hybridized carbons (Fsp3) is 0.588. The minimum absolute atomic E-state index is 0.0983. The Kier molecular flexibility index (Phi) is 6.68. The molecule has 5 heteroatoms. The van der Waals surface area contributed by atoms with Crippen LogP contribution in [0.4, 0.5) is 5.69 Å². The molecule has 1 fully saturated rings. The number of hydrogen-bond acceptors (Lipinski definition) is 4. The van der Waals surface area contributed by atoms with E-state index in [-0.39, 0.29) is 5.91 Å². The quantitative estimate of drug-likeness (QED) is 0.804. The third kappa shape index (κ3) is 5.31. The van der Waals surface area contributed by atoms with Crippen molar-refractivity contribution < 1.29 is 9.53 Å². The molecule has 22 heavy (non-hydrogen) atoms. The van der Waals surface area contributed by atoms with E-state index in [1.165, 1.54) is 5.56 Å². The Bertz CT molecular complexity index is 473. The predicted octanol–water partition coefficient (Wildman–Crippen LogP) is 1.63. The first-order valence-corrected chi connectivity index (χ1v) is 8.05. The monoisotopic (exact) mass is 305 g/mol. The van der Waals surface area contributed by atoms with E-state index in [2.05, 4.69) is 35.4 Å². The van der Waals surface area contributed by atoms with Crippen molar-refractivity contribution in [3.05, 3.63) is 29.8 Å². The lowest BCUT2D eigenvalue weighted by atomic mass is 10.2. The topological polar surface area (TPSA) is 53.6 Å². The summed E-state index contributed by atoms with van der Waals surface area (Å²) in [4.78, 5) is 14.3. The van der Waals surface area contributed by atoms with Crippen LogP contribution in [-0.2, 0) is 9.53 Å². The molecule has 1 saturated heterocycles. The summed E-state index contributed by atoms with van der Waals surface area (Å²) in [7, 11) is 0. The van der Waals surface area contributed by atoms with Gasteiger partial charge in [-0.25, -0.2) is 0 Å². The molecule has 0 saturated carbocycles. The van der Waals surface area contributed by atoms with E-state index >= 15 is 0 Å². The van der Waals surface area contributed by atoms with E-state index in [0.717, 1.165) is 32.0 Å². The number of hydrogen-bond donors (Lipinski definition) is 2. The number of rotatable bonds is 7. The highest BCUT2D eigenvalue weighted by molar-refractivity contribution is 5.76. The standard InChI is InChI=1S/C17H27N3O2/c1-14-5-3-4-6-16(14)18-8-7-17(21)19-13-15(2)20-9-11-22-12-10-20/h3-6,15,18H,7-13H2,1-2H3,(H,19,21)/t15-/m0/s1. The van der Waals surface area contributed by atoms with E-state index in [9.17, 15) is 4.79 Å². The van der Waals surface area contributed by atoms with Gasteiger partial charge in [0.1, 0.15) is 0 Å². The summed E-state index contributed by atoms with van der Waals surface area (Å²) in [5.74, 6) is 0.0983. The van der Waals surface area contributed by atoms with E-state index in [0.29, 0.717) is 25.6 Å². The minimum Gasteiger partial charge on any atom is -0.384 e. The first-order valence-electron chi connectivity index (χ1n) is 8.05. The summed E-state index contributed by atoms with van der Waals surface area (Å²) in [6.07, 6.45) is 0.490. The first kappa shape index (κ1) is 16.8. The largest absolute Gasteiger partial charge is 0.384 e. The zero-order valence-corrected chi connectivity index (χ0v) is 13.6. The van der Waals surface area contributed by atoms with Crippen LogP contribution in [0.5, 0.6) is 0 Å². The Morgan fingerprint density at radius 2 is 2.05 bits per heavy atom. The highest BCUT2D eigenvalue weighted by Crippen LogP contribution is 2.12. The lowest BCUT2D eigenvalue weighted by molar-refractivity contribution is -0.121. The Balaban J connectivity index is 1.62. The van der Waals surface area contributed by atoms with Crippen LogP contribution >= 0.6 is 0 Å². The van der Waals surface area contributed by atoms with Crippen LogP contribution in [0.2, 0.25) is 0 Å². The van der Waals surface area contributed by atoms with Crippen LogP contribution in [-0.4, -0.2) is 56.2 Å². The molecule has 1 heterocycles. The van der Waals surface area contributed by atoms with Crippen molar-refractivity contribution in [2.24, 2.45) is 0 Å². The van der Waals surface area contributed by atoms with Crippen molar-refractivity contribution in [2.45, 2.75) is 26.3 Å². The maximum Gasteiger partial charge on any atom is 0.221 e. The molecule has 0 radical (unpaired) electrons. The number of ether oxygens (including phenoxy) is 1. The number of carbonyl (C=O) groups is 1. The van der Waals surface area contributed by atoms with Gasteiger partial charge in [0.25, 0.3) is 0 Å². The van der Waals surface area contributed by atoms with Crippen LogP contribution in [0.1, 0.15) is 18.9 Å².